The Morgan fingerprint density at radius 3 is 2.04 bits per heavy atom. The lowest BCUT2D eigenvalue weighted by Crippen LogP contribution is -2.66. The first-order valence-corrected chi connectivity index (χ1v) is 9.64. The van der Waals surface area contributed by atoms with Crippen molar-refractivity contribution in [2.45, 2.75) is 24.4 Å². The molecular formula is C21H24N2O4S. The summed E-state index contributed by atoms with van der Waals surface area (Å²) in [5, 5.41) is 2.77. The summed E-state index contributed by atoms with van der Waals surface area (Å²) in [6.07, 6.45) is -1.37. The van der Waals surface area contributed by atoms with Gasteiger partial charge in [0.1, 0.15) is 18.2 Å². The average Bonchev–Trinajstić information content (AvgIpc) is 2.74. The molecule has 7 heteroatoms. The predicted molar refractivity (Wildman–Crippen MR) is 109 cm³/mol. The number of rotatable bonds is 7. The van der Waals surface area contributed by atoms with Gasteiger partial charge < -0.3 is 14.8 Å². The van der Waals surface area contributed by atoms with Crippen molar-refractivity contribution >= 4 is 24.4 Å². The minimum absolute atomic E-state index is 0.196. The van der Waals surface area contributed by atoms with E-state index in [1.54, 1.807) is 0 Å². The molecule has 2 aromatic rings. The smallest absolute Gasteiger partial charge is 0.249 e. The number of carbonyl (C=O) groups is 2. The number of nitrogens with zero attached hydrogens (tertiary/aromatic N) is 1. The summed E-state index contributed by atoms with van der Waals surface area (Å²) in [5.41, 5.74) is 1.58. The maximum atomic E-state index is 13.3. The van der Waals surface area contributed by atoms with Crippen LogP contribution in [0.1, 0.15) is 23.5 Å². The summed E-state index contributed by atoms with van der Waals surface area (Å²) in [6.45, 7) is 0. The van der Waals surface area contributed by atoms with Gasteiger partial charge in [-0.1, -0.05) is 60.7 Å². The molecule has 0 spiro atoms. The van der Waals surface area contributed by atoms with Gasteiger partial charge in [0.05, 0.1) is 0 Å². The zero-order valence-corrected chi connectivity index (χ0v) is 16.7. The number of ether oxygens (including phenoxy) is 2. The Bertz CT molecular complexity index is 803. The zero-order chi connectivity index (χ0) is 20.1. The lowest BCUT2D eigenvalue weighted by Gasteiger charge is -2.44. The normalized spacial score (nSPS) is 21.9. The van der Waals surface area contributed by atoms with Crippen molar-refractivity contribution in [3.05, 3.63) is 71.8 Å². The molecule has 1 saturated heterocycles. The van der Waals surface area contributed by atoms with Gasteiger partial charge >= 0.3 is 0 Å². The van der Waals surface area contributed by atoms with E-state index in [2.05, 4.69) is 17.9 Å². The van der Waals surface area contributed by atoms with Gasteiger partial charge in [0.15, 0.2) is 6.23 Å². The molecule has 0 saturated carbocycles. The molecule has 1 heterocycles. The first-order chi connectivity index (χ1) is 13.6. The maximum Gasteiger partial charge on any atom is 0.249 e. The van der Waals surface area contributed by atoms with Crippen LogP contribution >= 0.6 is 12.6 Å². The monoisotopic (exact) mass is 400 g/mol. The summed E-state index contributed by atoms with van der Waals surface area (Å²) in [7, 11) is 3.05. The second-order valence-electron chi connectivity index (χ2n) is 6.50. The number of hydrogen-bond acceptors (Lipinski definition) is 5. The molecule has 0 bridgehead atoms. The number of methoxy groups -OCH3 is 2. The SMILES string of the molecule is COC(c1ccccc1)C1C(=O)NC(CS)C(=O)N1C(OC)c1ccccc1. The summed E-state index contributed by atoms with van der Waals surface area (Å²) in [4.78, 5) is 27.8. The fourth-order valence-corrected chi connectivity index (χ4v) is 3.80. The first kappa shape index (κ1) is 20.4. The van der Waals surface area contributed by atoms with Crippen LogP contribution in [-0.2, 0) is 19.1 Å². The van der Waals surface area contributed by atoms with Crippen LogP contribution in [0.3, 0.4) is 0 Å². The molecule has 0 aliphatic carbocycles. The number of benzene rings is 2. The highest BCUT2D eigenvalue weighted by molar-refractivity contribution is 7.80. The van der Waals surface area contributed by atoms with Gasteiger partial charge in [0.2, 0.25) is 11.8 Å². The lowest BCUT2D eigenvalue weighted by atomic mass is 9.95. The van der Waals surface area contributed by atoms with Crippen LogP contribution in [0.25, 0.3) is 0 Å². The van der Waals surface area contributed by atoms with E-state index in [1.807, 2.05) is 60.7 Å². The Hall–Kier alpha value is -2.35. The topological polar surface area (TPSA) is 67.9 Å². The number of carbonyl (C=O) groups excluding carboxylic acids is 2. The number of amides is 2. The van der Waals surface area contributed by atoms with Crippen molar-refractivity contribution < 1.29 is 19.1 Å². The average molecular weight is 401 g/mol. The molecule has 1 N–H and O–H groups in total. The van der Waals surface area contributed by atoms with Crippen LogP contribution in [0.15, 0.2) is 60.7 Å². The predicted octanol–water partition coefficient (Wildman–Crippen LogP) is 2.34. The number of hydrogen-bond donors (Lipinski definition) is 2. The fourth-order valence-electron chi connectivity index (χ4n) is 3.55. The van der Waals surface area contributed by atoms with E-state index in [4.69, 9.17) is 9.47 Å². The highest BCUT2D eigenvalue weighted by atomic mass is 32.1. The van der Waals surface area contributed by atoms with E-state index in [0.717, 1.165) is 11.1 Å². The van der Waals surface area contributed by atoms with E-state index < -0.39 is 24.4 Å². The Balaban J connectivity index is 2.08. The van der Waals surface area contributed by atoms with Crippen LogP contribution in [-0.4, -0.2) is 48.8 Å². The third kappa shape index (κ3) is 3.92. The van der Waals surface area contributed by atoms with Crippen molar-refractivity contribution in [2.24, 2.45) is 0 Å². The zero-order valence-electron chi connectivity index (χ0n) is 15.8. The Morgan fingerprint density at radius 2 is 1.54 bits per heavy atom. The molecular weight excluding hydrogens is 376 g/mol. The molecule has 3 rings (SSSR count). The number of thiol groups is 1. The third-order valence-electron chi connectivity index (χ3n) is 4.85. The number of nitrogens with one attached hydrogen (secondary N) is 1. The van der Waals surface area contributed by atoms with Crippen LogP contribution in [0.2, 0.25) is 0 Å². The molecule has 1 aliphatic rings. The summed E-state index contributed by atoms with van der Waals surface area (Å²) in [6, 6.07) is 17.1. The van der Waals surface area contributed by atoms with Gasteiger partial charge in [-0.05, 0) is 5.56 Å². The van der Waals surface area contributed by atoms with E-state index >= 15 is 0 Å². The second kappa shape index (κ2) is 9.23. The van der Waals surface area contributed by atoms with Gasteiger partial charge in [-0.3, -0.25) is 14.5 Å². The molecule has 2 amide bonds. The molecule has 6 nitrogen and oxygen atoms in total. The fraction of sp³-hybridized carbons (Fsp3) is 0.333. The van der Waals surface area contributed by atoms with Crippen LogP contribution < -0.4 is 5.32 Å². The number of piperazine rings is 1. The lowest BCUT2D eigenvalue weighted by molar-refractivity contribution is -0.172. The molecule has 1 aliphatic heterocycles. The molecule has 4 unspecified atom stereocenters. The van der Waals surface area contributed by atoms with Crippen LogP contribution in [0.5, 0.6) is 0 Å². The van der Waals surface area contributed by atoms with Crippen molar-refractivity contribution in [3.63, 3.8) is 0 Å². The van der Waals surface area contributed by atoms with Gasteiger partial charge in [-0.2, -0.15) is 12.6 Å². The molecule has 1 fully saturated rings. The first-order valence-electron chi connectivity index (χ1n) is 9.01. The largest absolute Gasteiger partial charge is 0.374 e. The van der Waals surface area contributed by atoms with Crippen molar-refractivity contribution in [2.75, 3.05) is 20.0 Å². The van der Waals surface area contributed by atoms with Crippen molar-refractivity contribution in [3.8, 4) is 0 Å². The van der Waals surface area contributed by atoms with Gasteiger partial charge in [0.25, 0.3) is 0 Å². The van der Waals surface area contributed by atoms with Crippen LogP contribution in [0, 0.1) is 0 Å². The summed E-state index contributed by atoms with van der Waals surface area (Å²) < 4.78 is 11.4. The summed E-state index contributed by atoms with van der Waals surface area (Å²) in [5.74, 6) is -0.359. The molecule has 28 heavy (non-hydrogen) atoms. The third-order valence-corrected chi connectivity index (χ3v) is 5.21. The maximum absolute atomic E-state index is 13.3. The minimum Gasteiger partial charge on any atom is -0.374 e. The molecule has 0 radical (unpaired) electrons. The van der Waals surface area contributed by atoms with Gasteiger partial charge in [0, 0.05) is 25.5 Å². The van der Waals surface area contributed by atoms with Gasteiger partial charge in [-0.15, -0.1) is 0 Å². The Kier molecular flexibility index (Phi) is 6.72. The highest BCUT2D eigenvalue weighted by Gasteiger charge is 2.48. The standard InChI is InChI=1S/C21H24N2O4S/c1-26-18(14-9-5-3-6-10-14)17-19(24)22-16(13-28)20(25)23(17)21(27-2)15-11-7-4-8-12-15/h3-12,16-18,21,28H,13H2,1-2H3,(H,22,24). The molecule has 0 aromatic heterocycles. The van der Waals surface area contributed by atoms with E-state index in [0.29, 0.717) is 0 Å². The van der Waals surface area contributed by atoms with Gasteiger partial charge in [-0.25, -0.2) is 0 Å². The quantitative estimate of drug-likeness (QED) is 0.700. The Labute approximate surface area is 170 Å². The van der Waals surface area contributed by atoms with E-state index in [1.165, 1.54) is 19.1 Å². The molecule has 148 valence electrons. The minimum atomic E-state index is -0.888. The van der Waals surface area contributed by atoms with E-state index in [-0.39, 0.29) is 17.6 Å². The summed E-state index contributed by atoms with van der Waals surface area (Å²) >= 11 is 4.23. The molecule has 2 aromatic carbocycles. The Morgan fingerprint density at radius 1 is 0.964 bits per heavy atom. The highest BCUT2D eigenvalue weighted by Crippen LogP contribution is 2.34. The van der Waals surface area contributed by atoms with E-state index in [9.17, 15) is 9.59 Å². The van der Waals surface area contributed by atoms with Crippen molar-refractivity contribution in [1.29, 1.82) is 0 Å². The molecule has 4 atom stereocenters. The van der Waals surface area contributed by atoms with Crippen molar-refractivity contribution in [1.82, 2.24) is 10.2 Å². The second-order valence-corrected chi connectivity index (χ2v) is 6.86. The van der Waals surface area contributed by atoms with Crippen LogP contribution in [0.4, 0.5) is 0 Å².